The average molecular weight is 751 g/mol. The Morgan fingerprint density at radius 3 is 0.300 bits per heavy atom. The van der Waals surface area contributed by atoms with Crippen LogP contribution in [0.1, 0.15) is 0 Å². The molecule has 0 unspecified atom stereocenters. The van der Waals surface area contributed by atoms with Crippen LogP contribution in [-0.2, 0) is 128 Å². The van der Waals surface area contributed by atoms with Gasteiger partial charge in [0.05, 0.1) is 0 Å². The summed E-state index contributed by atoms with van der Waals surface area (Å²) in [6.45, 7) is 0. The Hall–Kier alpha value is 4.05. The van der Waals surface area contributed by atoms with Gasteiger partial charge in [0.15, 0.2) is 0 Å². The molecule has 0 radical (unpaired) electrons. The van der Waals surface area contributed by atoms with Gasteiger partial charge in [-0.05, 0) is 0 Å². The summed E-state index contributed by atoms with van der Waals surface area (Å²) in [4.78, 5) is 0. The summed E-state index contributed by atoms with van der Waals surface area (Å²) >= 11 is 0. The Labute approximate surface area is 150 Å². The van der Waals surface area contributed by atoms with E-state index in [9.17, 15) is 0 Å². The van der Waals surface area contributed by atoms with E-state index in [4.69, 9.17) is 0 Å². The molecule has 4 nitrogen and oxygen atoms in total. The van der Waals surface area contributed by atoms with Crippen molar-refractivity contribution < 1.29 is 128 Å². The fraction of sp³-hybridized carbons (Fsp3) is 0. The standard InChI is InChI=1S/4N.3Ti.3W/q4*-3;3*+4;;;. The van der Waals surface area contributed by atoms with E-state index in [-0.39, 0.29) is 153 Å². The molecular weight excluding hydrogens is 751 g/mol. The van der Waals surface area contributed by atoms with Gasteiger partial charge in [-0.15, -0.1) is 0 Å². The first-order chi connectivity index (χ1) is 0. The molecule has 0 aliphatic carbocycles. The van der Waals surface area contributed by atoms with E-state index in [0.717, 1.165) is 0 Å². The van der Waals surface area contributed by atoms with Crippen molar-refractivity contribution in [3.05, 3.63) is 24.6 Å². The summed E-state index contributed by atoms with van der Waals surface area (Å²) in [6, 6.07) is 0. The molecule has 0 amide bonds. The molecule has 0 saturated carbocycles. The number of hydrogen-bond acceptors (Lipinski definition) is 0. The van der Waals surface area contributed by atoms with Crippen LogP contribution in [0.3, 0.4) is 0 Å². The summed E-state index contributed by atoms with van der Waals surface area (Å²) in [5.74, 6) is 0. The van der Waals surface area contributed by atoms with Gasteiger partial charge in [0, 0.05) is 63.2 Å². The largest absolute Gasteiger partial charge is 4.00 e. The molecule has 0 atom stereocenters. The normalized spacial score (nSPS) is 0. The molecule has 10 heteroatoms. The zero-order valence-electron chi connectivity index (χ0n) is 4.51. The predicted molar refractivity (Wildman–Crippen MR) is 13.4 cm³/mol. The van der Waals surface area contributed by atoms with Gasteiger partial charge in [0.1, 0.15) is 0 Å². The monoisotopic (exact) mass is 752 g/mol. The average Bonchev–Trinajstić information content (AvgIpc) is 0. The van der Waals surface area contributed by atoms with Gasteiger partial charge in [0.2, 0.25) is 0 Å². The van der Waals surface area contributed by atoms with Gasteiger partial charge < -0.3 is 24.6 Å². The van der Waals surface area contributed by atoms with E-state index in [1.54, 1.807) is 0 Å². The molecule has 10 heavy (non-hydrogen) atoms. The van der Waals surface area contributed by atoms with Crippen LogP contribution in [0.2, 0.25) is 0 Å². The van der Waals surface area contributed by atoms with Gasteiger partial charge in [-0.3, -0.25) is 0 Å². The molecule has 0 aromatic carbocycles. The van der Waals surface area contributed by atoms with Crippen LogP contribution in [0.15, 0.2) is 0 Å². The second kappa shape index (κ2) is 116. The Morgan fingerprint density at radius 2 is 0.300 bits per heavy atom. The van der Waals surface area contributed by atoms with Crippen LogP contribution < -0.4 is 0 Å². The molecule has 0 heterocycles. The van der Waals surface area contributed by atoms with Crippen LogP contribution in [0.5, 0.6) is 0 Å². The minimum Gasteiger partial charge on any atom is -3.00 e. The first kappa shape index (κ1) is 146. The topological polar surface area (TPSA) is 122 Å². The molecule has 0 aromatic heterocycles. The summed E-state index contributed by atoms with van der Waals surface area (Å²) < 4.78 is 0. The fourth-order valence-electron chi connectivity index (χ4n) is 0. The molecule has 0 spiro atoms. The van der Waals surface area contributed by atoms with E-state index < -0.39 is 0 Å². The van der Waals surface area contributed by atoms with Crippen LogP contribution in [0, 0.1) is 0 Å². The minimum atomic E-state index is 0. The molecule has 0 aliphatic heterocycles. The number of hydrogen-bond donors (Lipinski definition) is 0. The number of rotatable bonds is 0. The Bertz CT molecular complexity index is 15.7. The van der Waals surface area contributed by atoms with Crippen LogP contribution in [0.4, 0.5) is 0 Å². The van der Waals surface area contributed by atoms with Crippen molar-refractivity contribution in [2.45, 2.75) is 0 Å². The third kappa shape index (κ3) is 89.7. The Balaban J connectivity index is 0. The first-order valence-corrected chi connectivity index (χ1v) is 0. The van der Waals surface area contributed by atoms with E-state index in [1.807, 2.05) is 0 Å². The van der Waals surface area contributed by atoms with Crippen LogP contribution >= 0.6 is 0 Å². The van der Waals surface area contributed by atoms with E-state index in [0.29, 0.717) is 0 Å². The third-order valence-corrected chi connectivity index (χ3v) is 0. The van der Waals surface area contributed by atoms with Gasteiger partial charge in [-0.2, -0.15) is 0 Å². The van der Waals surface area contributed by atoms with Crippen molar-refractivity contribution in [2.24, 2.45) is 0 Å². The Morgan fingerprint density at radius 1 is 0.300 bits per heavy atom. The van der Waals surface area contributed by atoms with Crippen molar-refractivity contribution in [3.8, 4) is 0 Å². The summed E-state index contributed by atoms with van der Waals surface area (Å²) in [7, 11) is 0. The van der Waals surface area contributed by atoms with Gasteiger partial charge in [-0.25, -0.2) is 0 Å². The molecule has 0 fully saturated rings. The van der Waals surface area contributed by atoms with Crippen molar-refractivity contribution in [3.63, 3.8) is 0 Å². The van der Waals surface area contributed by atoms with E-state index >= 15 is 0 Å². The summed E-state index contributed by atoms with van der Waals surface area (Å²) in [5, 5.41) is 0. The van der Waals surface area contributed by atoms with Crippen molar-refractivity contribution in [2.75, 3.05) is 0 Å². The van der Waals surface area contributed by atoms with E-state index in [1.165, 1.54) is 0 Å². The maximum atomic E-state index is 0. The van der Waals surface area contributed by atoms with Crippen molar-refractivity contribution in [1.29, 1.82) is 0 Å². The van der Waals surface area contributed by atoms with Crippen LogP contribution in [-0.4, -0.2) is 0 Å². The van der Waals surface area contributed by atoms with Gasteiger partial charge in [-0.1, -0.05) is 0 Å². The number of nitrogens with zero attached hydrogens (tertiary/aromatic N) is 4. The fourth-order valence-corrected chi connectivity index (χ4v) is 0. The third-order valence-electron chi connectivity index (χ3n) is 0. The van der Waals surface area contributed by atoms with Crippen LogP contribution in [0.25, 0.3) is 24.6 Å². The molecule has 0 bridgehead atoms. The van der Waals surface area contributed by atoms with Gasteiger partial charge >= 0.3 is 65.2 Å². The smallest absolute Gasteiger partial charge is 3.00 e. The second-order valence-corrected chi connectivity index (χ2v) is 0. The maximum Gasteiger partial charge on any atom is 4.00 e. The molecule has 0 aliphatic rings. The SMILES string of the molecule is [N-3].[N-3].[N-3].[N-3].[Ti+4].[Ti+4].[Ti+4].[W].[W].[W]. The molecule has 0 aromatic rings. The molecule has 0 rings (SSSR count). The predicted octanol–water partition coefficient (Wildman–Crippen LogP) is 1.14. The quantitative estimate of drug-likeness (QED) is 0.330. The first-order valence-electron chi connectivity index (χ1n) is 0. The van der Waals surface area contributed by atoms with Crippen molar-refractivity contribution >= 4 is 0 Å². The van der Waals surface area contributed by atoms with Gasteiger partial charge in [0.25, 0.3) is 0 Å². The zero-order valence-corrected chi connectivity index (χ0v) is 18.0. The molecule has 0 saturated heterocycles. The summed E-state index contributed by atoms with van der Waals surface area (Å²) in [6.07, 6.45) is 0. The molecular formula is N4Ti3W3. The molecule has 50 valence electrons. The summed E-state index contributed by atoms with van der Waals surface area (Å²) in [5.41, 5.74) is 0. The maximum absolute atomic E-state index is 0. The zero-order chi connectivity index (χ0) is 0. The minimum absolute atomic E-state index is 0. The van der Waals surface area contributed by atoms with E-state index in [2.05, 4.69) is 0 Å². The molecule has 0 N–H and O–H groups in total. The van der Waals surface area contributed by atoms with Crippen molar-refractivity contribution in [1.82, 2.24) is 0 Å². The second-order valence-electron chi connectivity index (χ2n) is 0. The Kier molecular flexibility index (Phi) is 1690.